The molecule has 0 radical (unpaired) electrons. The maximum Gasteiger partial charge on any atom is 0.253 e. The van der Waals surface area contributed by atoms with Gasteiger partial charge >= 0.3 is 0 Å². The molecule has 0 unspecified atom stereocenters. The Bertz CT molecular complexity index is 766. The summed E-state index contributed by atoms with van der Waals surface area (Å²) in [6, 6.07) is 14.1. The first-order valence-corrected chi connectivity index (χ1v) is 8.55. The van der Waals surface area contributed by atoms with Crippen LogP contribution in [0.4, 0.5) is 5.69 Å². The molecule has 0 heterocycles. The van der Waals surface area contributed by atoms with Crippen molar-refractivity contribution < 1.29 is 9.59 Å². The second-order valence-electron chi connectivity index (χ2n) is 5.43. The van der Waals surface area contributed by atoms with Gasteiger partial charge in [-0.2, -0.15) is 0 Å². The minimum absolute atomic E-state index is 0.0437. The Balaban J connectivity index is 2.04. The Labute approximate surface area is 153 Å². The first-order chi connectivity index (χ1) is 12.0. The van der Waals surface area contributed by atoms with Crippen LogP contribution >= 0.6 is 11.6 Å². The Morgan fingerprint density at radius 1 is 1.08 bits per heavy atom. The highest BCUT2D eigenvalue weighted by atomic mass is 35.5. The summed E-state index contributed by atoms with van der Waals surface area (Å²) in [6.07, 6.45) is 3.15. The number of nitrogens with one attached hydrogen (secondary N) is 1. The van der Waals surface area contributed by atoms with E-state index in [1.54, 1.807) is 47.4 Å². The molecule has 5 heteroatoms. The lowest BCUT2D eigenvalue weighted by Gasteiger charge is -2.18. The average molecular weight is 357 g/mol. The summed E-state index contributed by atoms with van der Waals surface area (Å²) in [5.74, 6) is -0.305. The van der Waals surface area contributed by atoms with Gasteiger partial charge in [0.05, 0.1) is 0 Å². The molecule has 2 aromatic carbocycles. The van der Waals surface area contributed by atoms with Gasteiger partial charge in [0.2, 0.25) is 5.91 Å². The molecular weight excluding hydrogens is 336 g/mol. The summed E-state index contributed by atoms with van der Waals surface area (Å²) in [5, 5.41) is 3.42. The van der Waals surface area contributed by atoms with E-state index >= 15 is 0 Å². The normalized spacial score (nSPS) is 10.7. The van der Waals surface area contributed by atoms with Crippen LogP contribution in [-0.2, 0) is 4.79 Å². The fourth-order valence-electron chi connectivity index (χ4n) is 2.35. The largest absolute Gasteiger partial charge is 0.339 e. The minimum atomic E-state index is -0.262. The average Bonchev–Trinajstić information content (AvgIpc) is 2.62. The van der Waals surface area contributed by atoms with E-state index < -0.39 is 0 Å². The Morgan fingerprint density at radius 2 is 1.76 bits per heavy atom. The lowest BCUT2D eigenvalue weighted by Crippen LogP contribution is -2.30. The number of anilines is 1. The molecule has 2 aromatic rings. The zero-order valence-electron chi connectivity index (χ0n) is 14.3. The van der Waals surface area contributed by atoms with Crippen LogP contribution in [0.3, 0.4) is 0 Å². The molecule has 130 valence electrons. The van der Waals surface area contributed by atoms with Crippen LogP contribution in [0.5, 0.6) is 0 Å². The van der Waals surface area contributed by atoms with Crippen molar-refractivity contribution in [2.24, 2.45) is 0 Å². The first-order valence-electron chi connectivity index (χ1n) is 8.17. The van der Waals surface area contributed by atoms with Crippen LogP contribution in [-0.4, -0.2) is 29.8 Å². The molecule has 0 saturated carbocycles. The molecule has 0 aliphatic carbocycles. The van der Waals surface area contributed by atoms with Crippen molar-refractivity contribution in [2.45, 2.75) is 13.8 Å². The molecule has 2 amide bonds. The number of hydrogen-bond donors (Lipinski definition) is 1. The van der Waals surface area contributed by atoms with E-state index in [-0.39, 0.29) is 11.8 Å². The number of amides is 2. The van der Waals surface area contributed by atoms with E-state index in [1.807, 2.05) is 26.0 Å². The number of benzene rings is 2. The Morgan fingerprint density at radius 3 is 2.40 bits per heavy atom. The van der Waals surface area contributed by atoms with Crippen molar-refractivity contribution in [3.05, 3.63) is 70.8 Å². The van der Waals surface area contributed by atoms with Gasteiger partial charge in [0, 0.05) is 35.4 Å². The van der Waals surface area contributed by atoms with Crippen molar-refractivity contribution in [3.8, 4) is 0 Å². The highest BCUT2D eigenvalue weighted by Crippen LogP contribution is 2.14. The van der Waals surface area contributed by atoms with Crippen molar-refractivity contribution in [1.82, 2.24) is 4.90 Å². The van der Waals surface area contributed by atoms with Crippen LogP contribution in [0, 0.1) is 0 Å². The van der Waals surface area contributed by atoms with Gasteiger partial charge in [0.1, 0.15) is 0 Å². The third-order valence-electron chi connectivity index (χ3n) is 3.72. The number of hydrogen-bond acceptors (Lipinski definition) is 2. The van der Waals surface area contributed by atoms with Gasteiger partial charge in [0.15, 0.2) is 0 Å². The van der Waals surface area contributed by atoms with Gasteiger partial charge in [-0.25, -0.2) is 0 Å². The highest BCUT2D eigenvalue weighted by molar-refractivity contribution is 6.30. The van der Waals surface area contributed by atoms with Crippen molar-refractivity contribution in [3.63, 3.8) is 0 Å². The van der Waals surface area contributed by atoms with E-state index in [9.17, 15) is 9.59 Å². The predicted octanol–water partition coefficient (Wildman–Crippen LogP) is 4.47. The lowest BCUT2D eigenvalue weighted by molar-refractivity contribution is -0.111. The predicted molar refractivity (Wildman–Crippen MR) is 103 cm³/mol. The maximum atomic E-state index is 12.4. The molecular formula is C20H21ClN2O2. The van der Waals surface area contributed by atoms with E-state index in [0.29, 0.717) is 29.4 Å². The highest BCUT2D eigenvalue weighted by Gasteiger charge is 2.12. The van der Waals surface area contributed by atoms with Crippen LogP contribution < -0.4 is 5.32 Å². The van der Waals surface area contributed by atoms with Gasteiger partial charge in [-0.3, -0.25) is 9.59 Å². The minimum Gasteiger partial charge on any atom is -0.339 e. The van der Waals surface area contributed by atoms with Gasteiger partial charge in [-0.05, 0) is 55.8 Å². The number of halogens is 1. The van der Waals surface area contributed by atoms with E-state index in [0.717, 1.165) is 5.56 Å². The van der Waals surface area contributed by atoms with Crippen LogP contribution in [0.2, 0.25) is 5.02 Å². The number of carbonyl (C=O) groups excluding carboxylic acids is 2. The molecule has 1 N–H and O–H groups in total. The topological polar surface area (TPSA) is 49.4 Å². The summed E-state index contributed by atoms with van der Waals surface area (Å²) < 4.78 is 0. The fourth-order valence-corrected chi connectivity index (χ4v) is 2.48. The summed E-state index contributed by atoms with van der Waals surface area (Å²) >= 11 is 5.83. The number of carbonyl (C=O) groups is 2. The third-order valence-corrected chi connectivity index (χ3v) is 3.98. The monoisotopic (exact) mass is 356 g/mol. The van der Waals surface area contributed by atoms with Gasteiger partial charge in [0.25, 0.3) is 5.91 Å². The van der Waals surface area contributed by atoms with Crippen molar-refractivity contribution in [2.75, 3.05) is 18.4 Å². The first kappa shape index (κ1) is 18.7. The molecule has 4 nitrogen and oxygen atoms in total. The molecule has 0 aliphatic rings. The van der Waals surface area contributed by atoms with Gasteiger partial charge < -0.3 is 10.2 Å². The zero-order valence-corrected chi connectivity index (χ0v) is 15.1. The lowest BCUT2D eigenvalue weighted by atomic mass is 10.1. The second-order valence-corrected chi connectivity index (χ2v) is 5.87. The van der Waals surface area contributed by atoms with Crippen LogP contribution in [0.1, 0.15) is 29.8 Å². The molecule has 2 rings (SSSR count). The smallest absolute Gasteiger partial charge is 0.253 e. The Hall–Kier alpha value is -2.59. The summed E-state index contributed by atoms with van der Waals surface area (Å²) in [6.45, 7) is 5.18. The maximum absolute atomic E-state index is 12.4. The second kappa shape index (κ2) is 9.04. The SMILES string of the molecule is CCN(CC)C(=O)c1cccc(NC(=O)/C=C/c2ccc(Cl)cc2)c1. The van der Waals surface area contributed by atoms with E-state index in [1.165, 1.54) is 6.08 Å². The molecule has 0 fully saturated rings. The van der Waals surface area contributed by atoms with E-state index in [2.05, 4.69) is 5.32 Å². The summed E-state index contributed by atoms with van der Waals surface area (Å²) in [4.78, 5) is 26.2. The number of nitrogens with zero attached hydrogens (tertiary/aromatic N) is 1. The third kappa shape index (κ3) is 5.47. The summed E-state index contributed by atoms with van der Waals surface area (Å²) in [5.41, 5.74) is 2.02. The molecule has 0 spiro atoms. The van der Waals surface area contributed by atoms with Gasteiger partial charge in [-0.1, -0.05) is 29.8 Å². The fraction of sp³-hybridized carbons (Fsp3) is 0.200. The van der Waals surface area contributed by atoms with Crippen molar-refractivity contribution >= 4 is 35.2 Å². The molecule has 0 bridgehead atoms. The standard InChI is InChI=1S/C20H21ClN2O2/c1-3-23(4-2)20(25)16-6-5-7-18(14-16)22-19(24)13-10-15-8-11-17(21)12-9-15/h5-14H,3-4H2,1-2H3,(H,22,24)/b13-10+. The van der Waals surface area contributed by atoms with Crippen LogP contribution in [0.25, 0.3) is 6.08 Å². The Kier molecular flexibility index (Phi) is 6.78. The molecule has 0 aliphatic heterocycles. The summed E-state index contributed by atoms with van der Waals surface area (Å²) in [7, 11) is 0. The molecule has 0 atom stereocenters. The quantitative estimate of drug-likeness (QED) is 0.776. The molecule has 0 aromatic heterocycles. The van der Waals surface area contributed by atoms with Crippen molar-refractivity contribution in [1.29, 1.82) is 0 Å². The molecule has 0 saturated heterocycles. The van der Waals surface area contributed by atoms with E-state index in [4.69, 9.17) is 11.6 Å². The molecule has 25 heavy (non-hydrogen) atoms. The number of rotatable bonds is 6. The van der Waals surface area contributed by atoms with Gasteiger partial charge in [-0.15, -0.1) is 0 Å². The van der Waals surface area contributed by atoms with Crippen LogP contribution in [0.15, 0.2) is 54.6 Å². The zero-order chi connectivity index (χ0) is 18.2.